The van der Waals surface area contributed by atoms with Crippen LogP contribution in [0, 0.1) is 23.7 Å². The number of likely N-dealkylation sites (tertiary alicyclic amines) is 1. The van der Waals surface area contributed by atoms with Crippen molar-refractivity contribution < 1.29 is 9.59 Å². The van der Waals surface area contributed by atoms with Gasteiger partial charge in [-0.2, -0.15) is 0 Å². The van der Waals surface area contributed by atoms with Crippen LogP contribution in [-0.4, -0.2) is 16.7 Å². The molecule has 3 heteroatoms. The molecule has 2 amide bonds. The van der Waals surface area contributed by atoms with Crippen molar-refractivity contribution in [3.8, 4) is 0 Å². The van der Waals surface area contributed by atoms with Crippen LogP contribution in [0.3, 0.4) is 0 Å². The lowest BCUT2D eigenvalue weighted by Gasteiger charge is -2.19. The van der Waals surface area contributed by atoms with Gasteiger partial charge in [0.15, 0.2) is 0 Å². The van der Waals surface area contributed by atoms with E-state index in [1.165, 1.54) is 36.2 Å². The van der Waals surface area contributed by atoms with Crippen LogP contribution in [0.4, 0.5) is 0 Å². The molecule has 0 N–H and O–H groups in total. The number of hydrogen-bond donors (Lipinski definition) is 0. The summed E-state index contributed by atoms with van der Waals surface area (Å²) in [6.07, 6.45) is 9.25. The van der Waals surface area contributed by atoms with Crippen molar-refractivity contribution in [2.75, 3.05) is 0 Å². The fourth-order valence-corrected chi connectivity index (χ4v) is 5.31. The van der Waals surface area contributed by atoms with E-state index in [-0.39, 0.29) is 35.5 Å². The second kappa shape index (κ2) is 5.17. The smallest absolute Gasteiger partial charge is 0.234 e. The Morgan fingerprint density at radius 2 is 1.46 bits per heavy atom. The van der Waals surface area contributed by atoms with Gasteiger partial charge in [-0.25, -0.2) is 0 Å². The molecule has 5 rings (SSSR count). The van der Waals surface area contributed by atoms with Crippen LogP contribution in [0.5, 0.6) is 0 Å². The zero-order valence-electron chi connectivity index (χ0n) is 13.7. The Morgan fingerprint density at radius 3 is 2.04 bits per heavy atom. The highest BCUT2D eigenvalue weighted by atomic mass is 16.2. The monoisotopic (exact) mass is 319 g/mol. The van der Waals surface area contributed by atoms with E-state index >= 15 is 0 Å². The van der Waals surface area contributed by atoms with Crippen LogP contribution in [0.15, 0.2) is 53.6 Å². The van der Waals surface area contributed by atoms with Crippen molar-refractivity contribution in [1.29, 1.82) is 0 Å². The summed E-state index contributed by atoms with van der Waals surface area (Å²) < 4.78 is 0. The molecule has 3 aliphatic carbocycles. The van der Waals surface area contributed by atoms with Gasteiger partial charge in [0.1, 0.15) is 0 Å². The second-order valence-electron chi connectivity index (χ2n) is 7.50. The Kier molecular flexibility index (Phi) is 3.06. The molecule has 0 radical (unpaired) electrons. The first-order chi connectivity index (χ1) is 11.8. The Bertz CT molecular complexity index is 734. The minimum atomic E-state index is -0.140. The van der Waals surface area contributed by atoms with Gasteiger partial charge in [0.2, 0.25) is 11.8 Å². The van der Waals surface area contributed by atoms with E-state index in [0.29, 0.717) is 6.54 Å². The molecule has 4 atom stereocenters. The SMILES string of the molecule is O=C1[C@H]2[C@H](C(=O)N1Cc1ccccc1)[C@H]1C=C[C@H]2C1=C1CCCC1. The van der Waals surface area contributed by atoms with E-state index in [4.69, 9.17) is 0 Å². The van der Waals surface area contributed by atoms with Crippen LogP contribution in [-0.2, 0) is 16.1 Å². The van der Waals surface area contributed by atoms with Crippen LogP contribution in [0.25, 0.3) is 0 Å². The summed E-state index contributed by atoms with van der Waals surface area (Å²) in [6, 6.07) is 9.82. The fourth-order valence-electron chi connectivity index (χ4n) is 5.31. The van der Waals surface area contributed by atoms with Gasteiger partial charge in [-0.3, -0.25) is 14.5 Å². The summed E-state index contributed by atoms with van der Waals surface area (Å²) in [6.45, 7) is 0.414. The predicted molar refractivity (Wildman–Crippen MR) is 90.6 cm³/mol. The van der Waals surface area contributed by atoms with Gasteiger partial charge in [-0.1, -0.05) is 53.6 Å². The average Bonchev–Trinajstić information content (AvgIpc) is 3.35. The number of carbonyl (C=O) groups excluding carboxylic acids is 2. The Balaban J connectivity index is 1.47. The third-order valence-electron chi connectivity index (χ3n) is 6.31. The highest BCUT2D eigenvalue weighted by Gasteiger charge is 2.61. The first kappa shape index (κ1) is 14.2. The number of benzene rings is 1. The van der Waals surface area contributed by atoms with Crippen molar-refractivity contribution in [2.24, 2.45) is 23.7 Å². The van der Waals surface area contributed by atoms with Crippen molar-refractivity contribution in [1.82, 2.24) is 4.90 Å². The molecule has 1 aliphatic heterocycles. The van der Waals surface area contributed by atoms with E-state index in [2.05, 4.69) is 12.2 Å². The number of amides is 2. The quantitative estimate of drug-likeness (QED) is 0.618. The van der Waals surface area contributed by atoms with Crippen molar-refractivity contribution in [2.45, 2.75) is 32.2 Å². The predicted octanol–water partition coefficient (Wildman–Crippen LogP) is 3.47. The first-order valence-electron chi connectivity index (χ1n) is 9.05. The molecule has 2 bridgehead atoms. The molecule has 2 saturated carbocycles. The van der Waals surface area contributed by atoms with E-state index in [1.54, 1.807) is 5.57 Å². The van der Waals surface area contributed by atoms with Crippen molar-refractivity contribution in [3.63, 3.8) is 0 Å². The topological polar surface area (TPSA) is 37.4 Å². The number of nitrogens with zero attached hydrogens (tertiary/aromatic N) is 1. The largest absolute Gasteiger partial charge is 0.278 e. The third kappa shape index (κ3) is 1.84. The van der Waals surface area contributed by atoms with Gasteiger partial charge < -0.3 is 0 Å². The highest BCUT2D eigenvalue weighted by molar-refractivity contribution is 6.07. The minimum Gasteiger partial charge on any atom is -0.278 e. The molecule has 0 unspecified atom stereocenters. The molecule has 1 aromatic rings. The fraction of sp³-hybridized carbons (Fsp3) is 0.429. The second-order valence-corrected chi connectivity index (χ2v) is 7.50. The summed E-state index contributed by atoms with van der Waals surface area (Å²) in [5.41, 5.74) is 4.00. The summed E-state index contributed by atoms with van der Waals surface area (Å²) in [4.78, 5) is 27.5. The molecule has 0 aromatic heterocycles. The normalized spacial score (nSPS) is 33.9. The van der Waals surface area contributed by atoms with Gasteiger partial charge in [0.05, 0.1) is 18.4 Å². The Morgan fingerprint density at radius 1 is 0.875 bits per heavy atom. The third-order valence-corrected chi connectivity index (χ3v) is 6.31. The maximum absolute atomic E-state index is 13.0. The lowest BCUT2D eigenvalue weighted by Crippen LogP contribution is -2.32. The summed E-state index contributed by atoms with van der Waals surface area (Å²) in [5.74, 6) is 0.179. The van der Waals surface area contributed by atoms with Gasteiger partial charge in [0.25, 0.3) is 0 Å². The summed E-state index contributed by atoms with van der Waals surface area (Å²) in [5, 5.41) is 0. The molecular formula is C21H21NO2. The number of rotatable bonds is 2. The zero-order valence-corrected chi connectivity index (χ0v) is 13.7. The number of allylic oxidation sites excluding steroid dienone is 4. The van der Waals surface area contributed by atoms with Crippen molar-refractivity contribution >= 4 is 11.8 Å². The maximum Gasteiger partial charge on any atom is 0.234 e. The van der Waals surface area contributed by atoms with E-state index in [1.807, 2.05) is 30.3 Å². The molecule has 4 aliphatic rings. The lowest BCUT2D eigenvalue weighted by molar-refractivity contribution is -0.141. The molecule has 1 saturated heterocycles. The van der Waals surface area contributed by atoms with Gasteiger partial charge in [0, 0.05) is 11.8 Å². The molecule has 3 fully saturated rings. The Labute approximate surface area is 142 Å². The molecule has 122 valence electrons. The van der Waals surface area contributed by atoms with Crippen LogP contribution in [0.1, 0.15) is 31.2 Å². The van der Waals surface area contributed by atoms with Crippen LogP contribution in [0.2, 0.25) is 0 Å². The van der Waals surface area contributed by atoms with Gasteiger partial charge in [-0.15, -0.1) is 0 Å². The molecule has 3 nitrogen and oxygen atoms in total. The first-order valence-corrected chi connectivity index (χ1v) is 9.05. The van der Waals surface area contributed by atoms with E-state index in [9.17, 15) is 9.59 Å². The van der Waals surface area contributed by atoms with Crippen LogP contribution >= 0.6 is 0 Å². The molecule has 24 heavy (non-hydrogen) atoms. The van der Waals surface area contributed by atoms with Crippen molar-refractivity contribution in [3.05, 3.63) is 59.2 Å². The van der Waals surface area contributed by atoms with E-state index < -0.39 is 0 Å². The standard InChI is InChI=1S/C21H21NO2/c23-20-18-15-10-11-16(17(15)14-8-4-5-9-14)19(18)21(24)22(20)12-13-6-2-1-3-7-13/h1-3,6-7,10-11,15-16,18-19H,4-5,8-9,12H2/t15-,16-,18+,19+/m0/s1. The zero-order chi connectivity index (χ0) is 16.3. The molecule has 1 aromatic carbocycles. The summed E-state index contributed by atoms with van der Waals surface area (Å²) >= 11 is 0. The average molecular weight is 319 g/mol. The van der Waals surface area contributed by atoms with E-state index in [0.717, 1.165) is 5.56 Å². The van der Waals surface area contributed by atoms with Gasteiger partial charge >= 0.3 is 0 Å². The lowest BCUT2D eigenvalue weighted by atomic mass is 9.85. The molecule has 1 heterocycles. The highest BCUT2D eigenvalue weighted by Crippen LogP contribution is 2.58. The summed E-state index contributed by atoms with van der Waals surface area (Å²) in [7, 11) is 0. The Hall–Kier alpha value is -2.16. The van der Waals surface area contributed by atoms with Gasteiger partial charge in [-0.05, 0) is 31.2 Å². The maximum atomic E-state index is 13.0. The minimum absolute atomic E-state index is 0.0433. The van der Waals surface area contributed by atoms with Crippen LogP contribution < -0.4 is 0 Å². The number of hydrogen-bond acceptors (Lipinski definition) is 2. The number of carbonyl (C=O) groups is 2. The number of fused-ring (bicyclic) bond motifs is 5. The number of imide groups is 1. The molecular weight excluding hydrogens is 298 g/mol. The molecule has 0 spiro atoms.